The van der Waals surface area contributed by atoms with Gasteiger partial charge in [-0.15, -0.1) is 0 Å². The maximum Gasteiger partial charge on any atom is 0.275 e. The van der Waals surface area contributed by atoms with E-state index in [1.54, 1.807) is 41.9 Å². The zero-order chi connectivity index (χ0) is 16.7. The lowest BCUT2D eigenvalue weighted by molar-refractivity contribution is 0.0706. The predicted octanol–water partition coefficient (Wildman–Crippen LogP) is 1.58. The maximum atomic E-state index is 12.0. The average Bonchev–Trinajstić information content (AvgIpc) is 2.61. The third-order valence-electron chi connectivity index (χ3n) is 3.01. The number of hydrogen-bond donors (Lipinski definition) is 3. The van der Waals surface area contributed by atoms with E-state index in [0.29, 0.717) is 22.4 Å². The van der Waals surface area contributed by atoms with Crippen LogP contribution in [-0.4, -0.2) is 30.3 Å². The molecule has 0 atom stereocenters. The van der Waals surface area contributed by atoms with Gasteiger partial charge in [0.05, 0.1) is 18.9 Å². The summed E-state index contributed by atoms with van der Waals surface area (Å²) >= 11 is 0. The Kier molecular flexibility index (Phi) is 5.43. The first-order chi connectivity index (χ1) is 11.2. The summed E-state index contributed by atoms with van der Waals surface area (Å²) in [5.41, 5.74) is 5.31. The van der Waals surface area contributed by atoms with Crippen LogP contribution < -0.4 is 15.6 Å². The van der Waals surface area contributed by atoms with Crippen molar-refractivity contribution in [3.8, 4) is 5.75 Å². The molecule has 0 saturated heterocycles. The summed E-state index contributed by atoms with van der Waals surface area (Å²) in [6.07, 6.45) is 1.44. The van der Waals surface area contributed by atoms with Gasteiger partial charge in [-0.3, -0.25) is 14.8 Å². The van der Waals surface area contributed by atoms with Crippen LogP contribution in [0.5, 0.6) is 5.75 Å². The van der Waals surface area contributed by atoms with E-state index in [9.17, 15) is 9.59 Å². The van der Waals surface area contributed by atoms with E-state index >= 15 is 0 Å². The number of carbonyl (C=O) groups is 2. The third-order valence-corrected chi connectivity index (χ3v) is 3.01. The van der Waals surface area contributed by atoms with Gasteiger partial charge in [-0.05, 0) is 29.8 Å². The van der Waals surface area contributed by atoms with Gasteiger partial charge in [-0.1, -0.05) is 24.3 Å². The Balaban J connectivity index is 2.01. The lowest BCUT2D eigenvalue weighted by atomic mass is 10.1. The van der Waals surface area contributed by atoms with Gasteiger partial charge in [0, 0.05) is 5.56 Å². The molecule has 0 aliphatic heterocycles. The highest BCUT2D eigenvalue weighted by Gasteiger charge is 2.10. The number of hydrazone groups is 1. The van der Waals surface area contributed by atoms with Gasteiger partial charge < -0.3 is 4.74 Å². The molecule has 7 heteroatoms. The third kappa shape index (κ3) is 4.14. The Morgan fingerprint density at radius 3 is 2.43 bits per heavy atom. The van der Waals surface area contributed by atoms with Crippen molar-refractivity contribution in [1.29, 1.82) is 0 Å². The monoisotopic (exact) mass is 313 g/mol. The van der Waals surface area contributed by atoms with Gasteiger partial charge in [0.15, 0.2) is 0 Å². The highest BCUT2D eigenvalue weighted by molar-refractivity contribution is 5.97. The summed E-state index contributed by atoms with van der Waals surface area (Å²) in [6.45, 7) is 0. The predicted molar refractivity (Wildman–Crippen MR) is 83.7 cm³/mol. The molecular weight excluding hydrogens is 298 g/mol. The van der Waals surface area contributed by atoms with Crippen molar-refractivity contribution in [2.75, 3.05) is 7.11 Å². The summed E-state index contributed by atoms with van der Waals surface area (Å²) in [6, 6.07) is 13.1. The minimum atomic E-state index is -0.599. The Bertz CT molecular complexity index is 726. The minimum absolute atomic E-state index is 0.308. The van der Waals surface area contributed by atoms with Crippen LogP contribution in [0.2, 0.25) is 0 Å². The fraction of sp³-hybridized carbons (Fsp3) is 0.0625. The Labute approximate surface area is 132 Å². The minimum Gasteiger partial charge on any atom is -0.496 e. The molecule has 23 heavy (non-hydrogen) atoms. The first kappa shape index (κ1) is 16.2. The van der Waals surface area contributed by atoms with Crippen LogP contribution in [0.4, 0.5) is 0 Å². The number of methoxy groups -OCH3 is 1. The molecule has 2 aromatic rings. The Morgan fingerprint density at radius 2 is 1.78 bits per heavy atom. The lowest BCUT2D eigenvalue weighted by Crippen LogP contribution is -2.19. The molecule has 0 aliphatic rings. The van der Waals surface area contributed by atoms with Crippen LogP contribution >= 0.6 is 0 Å². The second-order valence-corrected chi connectivity index (χ2v) is 4.46. The fourth-order valence-electron chi connectivity index (χ4n) is 1.84. The van der Waals surface area contributed by atoms with E-state index in [-0.39, 0.29) is 0 Å². The molecule has 0 fully saturated rings. The second-order valence-electron chi connectivity index (χ2n) is 4.46. The molecule has 0 heterocycles. The van der Waals surface area contributed by atoms with Crippen molar-refractivity contribution < 1.29 is 19.5 Å². The molecule has 118 valence electrons. The van der Waals surface area contributed by atoms with E-state index in [4.69, 9.17) is 9.94 Å². The molecule has 2 aromatic carbocycles. The number of amides is 2. The van der Waals surface area contributed by atoms with Crippen molar-refractivity contribution in [3.05, 3.63) is 65.2 Å². The number of nitrogens with zero attached hydrogens (tertiary/aromatic N) is 1. The van der Waals surface area contributed by atoms with Crippen molar-refractivity contribution >= 4 is 18.0 Å². The van der Waals surface area contributed by atoms with E-state index in [1.165, 1.54) is 25.5 Å². The van der Waals surface area contributed by atoms with Crippen LogP contribution in [0, 0.1) is 0 Å². The van der Waals surface area contributed by atoms with Gasteiger partial charge in [-0.25, -0.2) is 10.9 Å². The highest BCUT2D eigenvalue weighted by Crippen LogP contribution is 2.16. The second kappa shape index (κ2) is 7.71. The zero-order valence-electron chi connectivity index (χ0n) is 12.3. The van der Waals surface area contributed by atoms with Crippen molar-refractivity contribution in [2.45, 2.75) is 0 Å². The number of benzene rings is 2. The number of carbonyl (C=O) groups excluding carboxylic acids is 2. The lowest BCUT2D eigenvalue weighted by Gasteiger charge is -2.05. The van der Waals surface area contributed by atoms with Gasteiger partial charge in [-0.2, -0.15) is 5.10 Å². The van der Waals surface area contributed by atoms with Crippen LogP contribution in [0.15, 0.2) is 53.6 Å². The number of ether oxygens (including phenoxy) is 1. The molecule has 0 aromatic heterocycles. The molecule has 0 unspecified atom stereocenters. The fourth-order valence-corrected chi connectivity index (χ4v) is 1.84. The van der Waals surface area contributed by atoms with Crippen LogP contribution in [0.3, 0.4) is 0 Å². The summed E-state index contributed by atoms with van der Waals surface area (Å²) in [5, 5.41) is 12.4. The topological polar surface area (TPSA) is 100 Å². The van der Waals surface area contributed by atoms with Crippen LogP contribution in [0.25, 0.3) is 0 Å². The molecule has 7 nitrogen and oxygen atoms in total. The first-order valence-corrected chi connectivity index (χ1v) is 6.66. The van der Waals surface area contributed by atoms with E-state index in [1.807, 2.05) is 0 Å². The summed E-state index contributed by atoms with van der Waals surface area (Å²) in [5.74, 6) is -0.535. The van der Waals surface area contributed by atoms with E-state index in [2.05, 4.69) is 10.5 Å². The molecule has 0 radical (unpaired) electrons. The molecule has 0 aliphatic carbocycles. The van der Waals surface area contributed by atoms with Crippen LogP contribution in [-0.2, 0) is 0 Å². The molecule has 0 bridgehead atoms. The largest absolute Gasteiger partial charge is 0.496 e. The van der Waals surface area contributed by atoms with Crippen molar-refractivity contribution in [3.63, 3.8) is 0 Å². The molecule has 0 saturated carbocycles. The summed E-state index contributed by atoms with van der Waals surface area (Å²) < 4.78 is 5.11. The number of rotatable bonds is 5. The van der Waals surface area contributed by atoms with Gasteiger partial charge in [0.1, 0.15) is 5.75 Å². The van der Waals surface area contributed by atoms with Gasteiger partial charge in [0.25, 0.3) is 11.8 Å². The molecule has 2 amide bonds. The number of hydrogen-bond acceptors (Lipinski definition) is 5. The van der Waals surface area contributed by atoms with Crippen molar-refractivity contribution in [2.24, 2.45) is 5.10 Å². The smallest absolute Gasteiger partial charge is 0.275 e. The van der Waals surface area contributed by atoms with E-state index < -0.39 is 11.8 Å². The van der Waals surface area contributed by atoms with Gasteiger partial charge in [0.2, 0.25) is 0 Å². The van der Waals surface area contributed by atoms with E-state index in [0.717, 1.165) is 0 Å². The Hall–Kier alpha value is -3.19. The number of hydroxylamine groups is 1. The molecule has 0 spiro atoms. The van der Waals surface area contributed by atoms with Crippen LogP contribution in [0.1, 0.15) is 26.3 Å². The van der Waals surface area contributed by atoms with Crippen molar-refractivity contribution in [1.82, 2.24) is 10.9 Å². The summed E-state index contributed by atoms with van der Waals surface area (Å²) in [4.78, 5) is 23.2. The maximum absolute atomic E-state index is 12.0. The molecule has 3 N–H and O–H groups in total. The molecule has 2 rings (SSSR count). The standard InChI is InChI=1S/C16H15N3O4/c1-23-14-5-3-2-4-13(14)16(21)18-17-10-11-6-8-12(9-7-11)15(20)19-22/h2-10,22H,1H3,(H,18,21)(H,19,20)/b17-10+. The number of para-hydroxylation sites is 1. The zero-order valence-corrected chi connectivity index (χ0v) is 12.3. The SMILES string of the molecule is COc1ccccc1C(=O)N/N=C/c1ccc(C(=O)NO)cc1. The average molecular weight is 313 g/mol. The first-order valence-electron chi connectivity index (χ1n) is 6.66. The van der Waals surface area contributed by atoms with Gasteiger partial charge >= 0.3 is 0 Å². The summed E-state index contributed by atoms with van der Waals surface area (Å²) in [7, 11) is 1.49. The normalized spacial score (nSPS) is 10.3. The Morgan fingerprint density at radius 1 is 1.09 bits per heavy atom. The highest BCUT2D eigenvalue weighted by atomic mass is 16.5. The number of nitrogens with one attached hydrogen (secondary N) is 2. The quantitative estimate of drug-likeness (QED) is 0.443. The molecular formula is C16H15N3O4.